The number of nitriles is 1. The number of carbonyl (C=O) groups is 1. The number of nitrogens with zero attached hydrogens (tertiary/aromatic N) is 7. The van der Waals surface area contributed by atoms with Crippen LogP contribution in [-0.2, 0) is 4.79 Å². The summed E-state index contributed by atoms with van der Waals surface area (Å²) in [4.78, 5) is 24.9. The highest BCUT2D eigenvalue weighted by Gasteiger charge is 2.27. The van der Waals surface area contributed by atoms with Crippen molar-refractivity contribution >= 4 is 34.8 Å². The summed E-state index contributed by atoms with van der Waals surface area (Å²) < 4.78 is 16.2. The molecule has 1 amide bonds. The molecule has 1 fully saturated rings. The number of hydrogen-bond acceptors (Lipinski definition) is 7. The average molecular weight is 531 g/mol. The van der Waals surface area contributed by atoms with Crippen molar-refractivity contribution in [1.82, 2.24) is 24.6 Å². The van der Waals surface area contributed by atoms with Gasteiger partial charge in [-0.1, -0.05) is 11.6 Å². The minimum Gasteiger partial charge on any atom is -0.324 e. The lowest BCUT2D eigenvalue weighted by Crippen LogP contribution is -2.45. The van der Waals surface area contributed by atoms with Gasteiger partial charge in [-0.25, -0.2) is 19.0 Å². The molecule has 1 N–H and O–H groups in total. The van der Waals surface area contributed by atoms with E-state index in [0.717, 1.165) is 18.3 Å². The van der Waals surface area contributed by atoms with E-state index in [2.05, 4.69) is 25.3 Å². The predicted octanol–water partition coefficient (Wildman–Crippen LogP) is 4.79. The summed E-state index contributed by atoms with van der Waals surface area (Å²) in [6.07, 6.45) is 5.59. The zero-order chi connectivity index (χ0) is 26.8. The Morgan fingerprint density at radius 1 is 1.18 bits per heavy atom. The van der Waals surface area contributed by atoms with Crippen molar-refractivity contribution in [3.63, 3.8) is 0 Å². The van der Waals surface area contributed by atoms with Crippen LogP contribution in [0, 0.1) is 17.1 Å². The van der Waals surface area contributed by atoms with Gasteiger partial charge in [0.25, 0.3) is 0 Å². The molecule has 38 heavy (non-hydrogen) atoms. The molecule has 11 heteroatoms. The number of amides is 1. The van der Waals surface area contributed by atoms with E-state index < -0.39 is 5.82 Å². The molecule has 3 heterocycles. The van der Waals surface area contributed by atoms with E-state index in [1.165, 1.54) is 10.9 Å². The van der Waals surface area contributed by atoms with E-state index in [1.54, 1.807) is 29.3 Å². The third-order valence-corrected chi connectivity index (χ3v) is 6.79. The maximum absolute atomic E-state index is 14.7. The Balaban J connectivity index is 1.32. The van der Waals surface area contributed by atoms with Crippen molar-refractivity contribution in [3.05, 3.63) is 77.5 Å². The molecule has 4 aromatic rings. The Hall–Kier alpha value is -4.33. The Morgan fingerprint density at radius 3 is 2.66 bits per heavy atom. The minimum absolute atomic E-state index is 0.0736. The fourth-order valence-corrected chi connectivity index (χ4v) is 4.62. The molecule has 0 unspecified atom stereocenters. The van der Waals surface area contributed by atoms with Crippen molar-refractivity contribution in [2.45, 2.75) is 18.9 Å². The van der Waals surface area contributed by atoms with Gasteiger partial charge in [0.15, 0.2) is 5.82 Å². The molecule has 0 saturated carbocycles. The second-order valence-electron chi connectivity index (χ2n) is 9.17. The van der Waals surface area contributed by atoms with E-state index in [9.17, 15) is 9.18 Å². The molecule has 0 spiro atoms. The van der Waals surface area contributed by atoms with Crippen molar-refractivity contribution in [3.8, 4) is 23.0 Å². The van der Waals surface area contributed by atoms with Crippen LogP contribution in [0.15, 0.2) is 61.1 Å². The lowest BCUT2D eigenvalue weighted by molar-refractivity contribution is -0.120. The zero-order valence-corrected chi connectivity index (χ0v) is 21.5. The van der Waals surface area contributed by atoms with Crippen molar-refractivity contribution in [2.75, 3.05) is 30.9 Å². The fraction of sp³-hybridized carbons (Fsp3) is 0.222. The van der Waals surface area contributed by atoms with Crippen LogP contribution in [0.2, 0.25) is 5.02 Å². The van der Waals surface area contributed by atoms with Crippen molar-refractivity contribution < 1.29 is 9.18 Å². The molecule has 0 radical (unpaired) electrons. The first kappa shape index (κ1) is 25.3. The zero-order valence-electron chi connectivity index (χ0n) is 20.8. The monoisotopic (exact) mass is 530 g/mol. The second-order valence-corrected chi connectivity index (χ2v) is 9.58. The first-order valence-corrected chi connectivity index (χ1v) is 12.3. The summed E-state index contributed by atoms with van der Waals surface area (Å²) in [5.74, 6) is -0.290. The maximum Gasteiger partial charge on any atom is 0.228 e. The van der Waals surface area contributed by atoms with E-state index in [0.29, 0.717) is 40.5 Å². The summed E-state index contributed by atoms with van der Waals surface area (Å²) in [5.41, 5.74) is 3.01. The smallest absolute Gasteiger partial charge is 0.228 e. The highest BCUT2D eigenvalue weighted by atomic mass is 35.5. The second kappa shape index (κ2) is 10.6. The number of aromatic nitrogens is 4. The van der Waals surface area contributed by atoms with Crippen LogP contribution in [0.1, 0.15) is 18.4 Å². The molecular weight excluding hydrogens is 507 g/mol. The molecule has 0 aliphatic carbocycles. The summed E-state index contributed by atoms with van der Waals surface area (Å²) >= 11 is 6.29. The standard InChI is InChI=1S/C27H24ClFN8O/c1-35(2)21-9-10-36(25(38)12-21)20-6-4-19(5-7-20)33-27-31-15-23(29)26(34-27)18-14-32-37(16-18)24-8-3-17(13-30)11-22(24)28/h3-8,11,14-16,21H,9-10,12H2,1-2H3,(H,31,33,34)/t21-/m0/s1. The highest BCUT2D eigenvalue weighted by Crippen LogP contribution is 2.28. The molecule has 2 aromatic carbocycles. The van der Waals surface area contributed by atoms with Crippen LogP contribution in [0.25, 0.3) is 16.9 Å². The van der Waals surface area contributed by atoms with E-state index in [1.807, 2.05) is 44.4 Å². The minimum atomic E-state index is -0.601. The van der Waals surface area contributed by atoms with Gasteiger partial charge in [-0.05, 0) is 63.0 Å². The van der Waals surface area contributed by atoms with Crippen LogP contribution >= 0.6 is 11.6 Å². The number of piperidine rings is 1. The van der Waals surface area contributed by atoms with Gasteiger partial charge in [0.1, 0.15) is 5.69 Å². The predicted molar refractivity (Wildman–Crippen MR) is 143 cm³/mol. The van der Waals surface area contributed by atoms with Gasteiger partial charge in [-0.15, -0.1) is 0 Å². The third kappa shape index (κ3) is 5.20. The van der Waals surface area contributed by atoms with E-state index in [-0.39, 0.29) is 23.6 Å². The van der Waals surface area contributed by atoms with Crippen LogP contribution in [0.4, 0.5) is 21.7 Å². The summed E-state index contributed by atoms with van der Waals surface area (Å²) in [5, 5.41) is 16.7. The molecular formula is C27H24ClFN8O. The fourth-order valence-electron chi connectivity index (χ4n) is 4.35. The Bertz CT molecular complexity index is 1530. The highest BCUT2D eigenvalue weighted by molar-refractivity contribution is 6.32. The number of rotatable bonds is 6. The molecule has 192 valence electrons. The number of anilines is 3. The molecule has 1 atom stereocenters. The number of nitrogens with one attached hydrogen (secondary N) is 1. The van der Waals surface area contributed by atoms with Gasteiger partial charge < -0.3 is 15.1 Å². The van der Waals surface area contributed by atoms with Crippen LogP contribution < -0.4 is 10.2 Å². The van der Waals surface area contributed by atoms with Crippen LogP contribution in [0.5, 0.6) is 0 Å². The van der Waals surface area contributed by atoms with Crippen LogP contribution in [-0.4, -0.2) is 57.2 Å². The van der Waals surface area contributed by atoms with Gasteiger partial charge in [-0.3, -0.25) is 4.79 Å². The van der Waals surface area contributed by atoms with Gasteiger partial charge in [0, 0.05) is 42.1 Å². The Kier molecular flexibility index (Phi) is 7.05. The molecule has 1 aliphatic rings. The maximum atomic E-state index is 14.7. The van der Waals surface area contributed by atoms with E-state index in [4.69, 9.17) is 16.9 Å². The van der Waals surface area contributed by atoms with Crippen LogP contribution in [0.3, 0.4) is 0 Å². The number of benzene rings is 2. The molecule has 1 aliphatic heterocycles. The largest absolute Gasteiger partial charge is 0.324 e. The molecule has 5 rings (SSSR count). The first-order valence-electron chi connectivity index (χ1n) is 11.9. The number of carbonyl (C=O) groups excluding carboxylic acids is 1. The average Bonchev–Trinajstić information content (AvgIpc) is 3.40. The first-order chi connectivity index (χ1) is 18.3. The normalized spacial score (nSPS) is 15.5. The SMILES string of the molecule is CN(C)[C@H]1CCN(c2ccc(Nc3ncc(F)c(-c4cnn(-c5ccc(C#N)cc5Cl)c4)n3)cc2)C(=O)C1. The summed E-state index contributed by atoms with van der Waals surface area (Å²) in [6, 6.07) is 14.5. The quantitative estimate of drug-likeness (QED) is 0.382. The molecule has 2 aromatic heterocycles. The lowest BCUT2D eigenvalue weighted by atomic mass is 10.0. The van der Waals surface area contributed by atoms with Gasteiger partial charge in [0.2, 0.25) is 11.9 Å². The number of hydrogen-bond donors (Lipinski definition) is 1. The van der Waals surface area contributed by atoms with Gasteiger partial charge >= 0.3 is 0 Å². The molecule has 9 nitrogen and oxygen atoms in total. The van der Waals surface area contributed by atoms with Crippen molar-refractivity contribution in [1.29, 1.82) is 5.26 Å². The lowest BCUT2D eigenvalue weighted by Gasteiger charge is -2.34. The third-order valence-electron chi connectivity index (χ3n) is 6.49. The van der Waals surface area contributed by atoms with Gasteiger partial charge in [-0.2, -0.15) is 10.4 Å². The van der Waals surface area contributed by atoms with E-state index >= 15 is 0 Å². The van der Waals surface area contributed by atoms with Crippen molar-refractivity contribution in [2.24, 2.45) is 0 Å². The topological polar surface area (TPSA) is 103 Å². The Morgan fingerprint density at radius 2 is 1.97 bits per heavy atom. The van der Waals surface area contributed by atoms with Gasteiger partial charge in [0.05, 0.1) is 34.7 Å². The molecule has 1 saturated heterocycles. The summed E-state index contributed by atoms with van der Waals surface area (Å²) in [6.45, 7) is 0.667. The number of halogens is 2. The Labute approximate surface area is 224 Å². The summed E-state index contributed by atoms with van der Waals surface area (Å²) in [7, 11) is 3.99. The molecule has 0 bridgehead atoms.